The summed E-state index contributed by atoms with van der Waals surface area (Å²) in [6.45, 7) is 0. The largest absolute Gasteiger partial charge is 0.452 e. The Morgan fingerprint density at radius 3 is 1.92 bits per heavy atom. The second-order valence-corrected chi connectivity index (χ2v) is 14.4. The molecule has 0 atom stereocenters. The van der Waals surface area contributed by atoms with Gasteiger partial charge in [0.2, 0.25) is 0 Å². The Hall–Kier alpha value is -6.62. The Balaban J connectivity index is 1.12. The van der Waals surface area contributed by atoms with Gasteiger partial charge in [0, 0.05) is 31.3 Å². The molecular weight excluding hydrogens is 653 g/mol. The molecule has 4 heteroatoms. The summed E-state index contributed by atoms with van der Waals surface area (Å²) < 4.78 is 9.32. The average Bonchev–Trinajstić information content (AvgIpc) is 3.79. The van der Waals surface area contributed by atoms with E-state index in [1.807, 2.05) is 11.3 Å². The van der Waals surface area contributed by atoms with Gasteiger partial charge in [-0.3, -0.25) is 0 Å². The van der Waals surface area contributed by atoms with Crippen molar-refractivity contribution in [3.05, 3.63) is 170 Å². The fraction of sp³-hybridized carbons (Fsp3) is 0. The molecule has 0 bridgehead atoms. The molecule has 0 saturated carbocycles. The van der Waals surface area contributed by atoms with Gasteiger partial charge >= 0.3 is 0 Å². The van der Waals surface area contributed by atoms with Crippen molar-refractivity contribution in [2.24, 2.45) is 0 Å². The Labute approximate surface area is 303 Å². The zero-order valence-electron chi connectivity index (χ0n) is 27.9. The molecule has 11 rings (SSSR count). The number of nitrogens with zero attached hydrogens (tertiary/aromatic N) is 2. The van der Waals surface area contributed by atoms with Gasteiger partial charge in [0.1, 0.15) is 16.8 Å². The van der Waals surface area contributed by atoms with Crippen LogP contribution in [0.25, 0.3) is 109 Å². The summed E-state index contributed by atoms with van der Waals surface area (Å²) in [5.74, 6) is 0.679. The van der Waals surface area contributed by atoms with Gasteiger partial charge in [0.25, 0.3) is 0 Å². The maximum absolute atomic E-state index is 6.69. The molecule has 0 N–H and O–H groups in total. The second-order valence-electron chi connectivity index (χ2n) is 13.3. The minimum Gasteiger partial charge on any atom is -0.452 e. The van der Waals surface area contributed by atoms with Crippen LogP contribution in [-0.4, -0.2) is 9.97 Å². The first-order valence-corrected chi connectivity index (χ1v) is 18.3. The third-order valence-corrected chi connectivity index (χ3v) is 11.5. The lowest BCUT2D eigenvalue weighted by Crippen LogP contribution is -1.95. The quantitative estimate of drug-likeness (QED) is 0.186. The molecular formula is C48H28N2OS. The highest BCUT2D eigenvalue weighted by molar-refractivity contribution is 7.26. The molecule has 0 spiro atoms. The van der Waals surface area contributed by atoms with E-state index in [2.05, 4.69) is 170 Å². The molecule has 242 valence electrons. The maximum Gasteiger partial charge on any atom is 0.180 e. The Morgan fingerprint density at radius 2 is 1.06 bits per heavy atom. The molecule has 8 aromatic carbocycles. The lowest BCUT2D eigenvalue weighted by atomic mass is 9.96. The molecule has 0 amide bonds. The van der Waals surface area contributed by atoms with E-state index in [1.54, 1.807) is 0 Å². The van der Waals surface area contributed by atoms with Gasteiger partial charge in [-0.25, -0.2) is 9.97 Å². The Morgan fingerprint density at radius 1 is 0.442 bits per heavy atom. The van der Waals surface area contributed by atoms with E-state index in [0.29, 0.717) is 11.4 Å². The highest BCUT2D eigenvalue weighted by atomic mass is 32.1. The fourth-order valence-corrected chi connectivity index (χ4v) is 9.07. The summed E-state index contributed by atoms with van der Waals surface area (Å²) in [5.41, 5.74) is 9.79. The van der Waals surface area contributed by atoms with Crippen LogP contribution in [0.5, 0.6) is 0 Å². The van der Waals surface area contributed by atoms with E-state index in [0.717, 1.165) is 66.0 Å². The number of furan rings is 1. The highest BCUT2D eigenvalue weighted by Gasteiger charge is 2.21. The van der Waals surface area contributed by atoms with Crippen molar-refractivity contribution in [1.29, 1.82) is 0 Å². The molecule has 0 fully saturated rings. The van der Waals surface area contributed by atoms with E-state index in [1.165, 1.54) is 31.3 Å². The van der Waals surface area contributed by atoms with Crippen LogP contribution in [0.2, 0.25) is 0 Å². The summed E-state index contributed by atoms with van der Waals surface area (Å²) in [6, 6.07) is 60.3. The van der Waals surface area contributed by atoms with Crippen molar-refractivity contribution >= 4 is 75.1 Å². The van der Waals surface area contributed by atoms with Crippen LogP contribution in [0, 0.1) is 0 Å². The maximum atomic E-state index is 6.69. The van der Waals surface area contributed by atoms with Crippen molar-refractivity contribution in [1.82, 2.24) is 9.97 Å². The summed E-state index contributed by atoms with van der Waals surface area (Å²) in [6.07, 6.45) is 0. The molecule has 3 heterocycles. The van der Waals surface area contributed by atoms with E-state index in [9.17, 15) is 0 Å². The molecule has 0 radical (unpaired) electrons. The molecule has 11 aromatic rings. The minimum atomic E-state index is 0.679. The highest BCUT2D eigenvalue weighted by Crippen LogP contribution is 2.42. The monoisotopic (exact) mass is 680 g/mol. The van der Waals surface area contributed by atoms with Crippen molar-refractivity contribution < 1.29 is 4.42 Å². The summed E-state index contributed by atoms with van der Waals surface area (Å²) in [5, 5.41) is 8.17. The molecule has 0 unspecified atom stereocenters. The molecule has 0 aliphatic carbocycles. The predicted octanol–water partition coefficient (Wildman–Crippen LogP) is 13.7. The zero-order chi connectivity index (χ0) is 34.2. The molecule has 52 heavy (non-hydrogen) atoms. The lowest BCUT2D eigenvalue weighted by Gasteiger charge is -2.11. The SMILES string of the molecule is c1cc(-c2cccc(-c3cccc4c3sc3ccccc34)c2)cc(-c2nc(-c3cccc4ccccc34)nc3c2oc2ccc4ccccc4c23)c1. The van der Waals surface area contributed by atoms with Crippen LogP contribution < -0.4 is 0 Å². The van der Waals surface area contributed by atoms with Crippen molar-refractivity contribution in [3.8, 4) is 44.9 Å². The molecule has 0 aliphatic heterocycles. The lowest BCUT2D eigenvalue weighted by molar-refractivity contribution is 0.667. The van der Waals surface area contributed by atoms with E-state index in [4.69, 9.17) is 14.4 Å². The fourth-order valence-electron chi connectivity index (χ4n) is 7.83. The van der Waals surface area contributed by atoms with Crippen LogP contribution in [0.4, 0.5) is 0 Å². The van der Waals surface area contributed by atoms with Gasteiger partial charge in [0.15, 0.2) is 11.4 Å². The Kier molecular flexibility index (Phi) is 6.42. The molecule has 0 saturated heterocycles. The van der Waals surface area contributed by atoms with Crippen molar-refractivity contribution in [2.75, 3.05) is 0 Å². The average molecular weight is 681 g/mol. The Bertz CT molecular complexity index is 3200. The summed E-state index contributed by atoms with van der Waals surface area (Å²) >= 11 is 1.86. The first-order chi connectivity index (χ1) is 25.8. The third-order valence-electron chi connectivity index (χ3n) is 10.3. The number of hydrogen-bond acceptors (Lipinski definition) is 4. The number of aromatic nitrogens is 2. The van der Waals surface area contributed by atoms with Crippen LogP contribution >= 0.6 is 11.3 Å². The summed E-state index contributed by atoms with van der Waals surface area (Å²) in [7, 11) is 0. The first kappa shape index (κ1) is 29.1. The van der Waals surface area contributed by atoms with E-state index >= 15 is 0 Å². The van der Waals surface area contributed by atoms with Gasteiger partial charge in [-0.2, -0.15) is 0 Å². The van der Waals surface area contributed by atoms with Gasteiger partial charge in [-0.1, -0.05) is 146 Å². The second kappa shape index (κ2) is 11.5. The third kappa shape index (κ3) is 4.51. The number of thiophene rings is 1. The standard InChI is InChI=1S/C48H28N2OS/c1-3-18-35-29(11-1)13-9-23-40(35)48-49-44(46-45(50-48)43-36-19-4-2-12-30(36)25-26-41(43)51-46)34-17-8-15-32(28-34)31-14-7-16-33(27-31)37-21-10-22-39-38-20-5-6-24-42(38)52-47(37)39/h1-28H. The van der Waals surface area contributed by atoms with Gasteiger partial charge in [-0.15, -0.1) is 11.3 Å². The number of fused-ring (bicyclic) bond motifs is 9. The van der Waals surface area contributed by atoms with Crippen LogP contribution in [0.3, 0.4) is 0 Å². The topological polar surface area (TPSA) is 38.9 Å². The number of rotatable bonds is 4. The first-order valence-electron chi connectivity index (χ1n) is 17.5. The molecule has 3 nitrogen and oxygen atoms in total. The predicted molar refractivity (Wildman–Crippen MR) is 219 cm³/mol. The van der Waals surface area contributed by atoms with Crippen LogP contribution in [-0.2, 0) is 0 Å². The molecule has 3 aromatic heterocycles. The van der Waals surface area contributed by atoms with Crippen molar-refractivity contribution in [2.45, 2.75) is 0 Å². The van der Waals surface area contributed by atoms with E-state index in [-0.39, 0.29) is 0 Å². The van der Waals surface area contributed by atoms with Crippen LogP contribution in [0.15, 0.2) is 174 Å². The van der Waals surface area contributed by atoms with E-state index < -0.39 is 0 Å². The smallest absolute Gasteiger partial charge is 0.180 e. The van der Waals surface area contributed by atoms with Gasteiger partial charge < -0.3 is 4.42 Å². The number of benzene rings is 8. The van der Waals surface area contributed by atoms with Gasteiger partial charge in [-0.05, 0) is 68.1 Å². The van der Waals surface area contributed by atoms with Crippen LogP contribution in [0.1, 0.15) is 0 Å². The van der Waals surface area contributed by atoms with Crippen molar-refractivity contribution in [3.63, 3.8) is 0 Å². The normalized spacial score (nSPS) is 11.8. The number of hydrogen-bond donors (Lipinski definition) is 0. The van der Waals surface area contributed by atoms with Gasteiger partial charge in [0.05, 0.1) is 5.39 Å². The zero-order valence-corrected chi connectivity index (χ0v) is 28.7. The molecule has 0 aliphatic rings. The summed E-state index contributed by atoms with van der Waals surface area (Å²) in [4.78, 5) is 10.6. The minimum absolute atomic E-state index is 0.679.